The maximum absolute atomic E-state index is 11.6. The third-order valence-electron chi connectivity index (χ3n) is 7.57. The highest BCUT2D eigenvalue weighted by Crippen LogP contribution is 2.51. The van der Waals surface area contributed by atoms with Crippen molar-refractivity contribution >= 4 is 11.9 Å². The number of ether oxygens (including phenoxy) is 3. The van der Waals surface area contributed by atoms with Crippen molar-refractivity contribution in [3.63, 3.8) is 0 Å². The first-order valence-electron chi connectivity index (χ1n) is 12.1. The maximum Gasteiger partial charge on any atom is 0.334 e. The Hall–Kier alpha value is -2.18. The second kappa shape index (κ2) is 10.8. The summed E-state index contributed by atoms with van der Waals surface area (Å²) in [6, 6.07) is 0. The van der Waals surface area contributed by atoms with Gasteiger partial charge in [-0.1, -0.05) is 43.2 Å². The molecule has 5 atom stereocenters. The molecule has 182 valence electrons. The summed E-state index contributed by atoms with van der Waals surface area (Å²) in [4.78, 5) is 22.9. The van der Waals surface area contributed by atoms with Crippen LogP contribution in [0.25, 0.3) is 0 Å². The Morgan fingerprint density at radius 3 is 2.73 bits per heavy atom. The predicted octanol–water partition coefficient (Wildman–Crippen LogP) is 5.28. The Labute approximate surface area is 197 Å². The first-order chi connectivity index (χ1) is 15.6. The number of allylic oxidation sites excluding steroid dienone is 3. The highest BCUT2D eigenvalue weighted by atomic mass is 16.7. The van der Waals surface area contributed by atoms with Crippen LogP contribution < -0.4 is 0 Å². The molecule has 0 spiro atoms. The summed E-state index contributed by atoms with van der Waals surface area (Å²) < 4.78 is 15.8. The number of aliphatic hydroxyl groups is 1. The highest BCUT2D eigenvalue weighted by molar-refractivity contribution is 5.86. The highest BCUT2D eigenvalue weighted by Gasteiger charge is 2.40. The van der Waals surface area contributed by atoms with Crippen molar-refractivity contribution < 1.29 is 28.9 Å². The van der Waals surface area contributed by atoms with Crippen LogP contribution in [0.15, 0.2) is 47.1 Å². The zero-order valence-electron chi connectivity index (χ0n) is 20.4. The van der Waals surface area contributed by atoms with Crippen LogP contribution >= 0.6 is 0 Å². The molecule has 0 amide bonds. The number of rotatable bonds is 9. The summed E-state index contributed by atoms with van der Waals surface area (Å²) in [6.45, 7) is 12.3. The van der Waals surface area contributed by atoms with Gasteiger partial charge in [0, 0.05) is 18.6 Å². The van der Waals surface area contributed by atoms with Gasteiger partial charge in [0.1, 0.15) is 0 Å². The number of hydrogen-bond acceptors (Lipinski definition) is 6. The molecule has 3 rings (SSSR count). The summed E-state index contributed by atoms with van der Waals surface area (Å²) in [5.74, 6) is -0.427. The molecule has 0 aromatic carbocycles. The maximum atomic E-state index is 11.6. The van der Waals surface area contributed by atoms with Crippen LogP contribution in [0.2, 0.25) is 0 Å². The van der Waals surface area contributed by atoms with Crippen molar-refractivity contribution in [1.82, 2.24) is 0 Å². The zero-order chi connectivity index (χ0) is 24.2. The number of carbonyl (C=O) groups excluding carboxylic acids is 2. The molecular formula is C27H38O6. The Bertz CT molecular complexity index is 866. The lowest BCUT2D eigenvalue weighted by molar-refractivity contribution is -0.176. The van der Waals surface area contributed by atoms with Crippen LogP contribution in [0.4, 0.5) is 0 Å². The van der Waals surface area contributed by atoms with E-state index in [1.54, 1.807) is 0 Å². The van der Waals surface area contributed by atoms with E-state index in [2.05, 4.69) is 33.4 Å². The fourth-order valence-corrected chi connectivity index (χ4v) is 5.47. The molecule has 0 saturated heterocycles. The second-order valence-corrected chi connectivity index (χ2v) is 9.83. The molecule has 2 aliphatic heterocycles. The van der Waals surface area contributed by atoms with Crippen LogP contribution in [-0.4, -0.2) is 35.7 Å². The van der Waals surface area contributed by atoms with E-state index >= 15 is 0 Å². The minimum atomic E-state index is -1.09. The van der Waals surface area contributed by atoms with Crippen LogP contribution in [0, 0.1) is 11.3 Å². The first kappa shape index (κ1) is 25.4. The quantitative estimate of drug-likeness (QED) is 0.374. The Kier molecular flexibility index (Phi) is 8.35. The molecule has 0 bridgehead atoms. The van der Waals surface area contributed by atoms with Gasteiger partial charge in [-0.3, -0.25) is 4.79 Å². The molecule has 0 aromatic rings. The minimum absolute atomic E-state index is 0.282. The summed E-state index contributed by atoms with van der Waals surface area (Å²) in [5.41, 5.74) is 4.23. The summed E-state index contributed by atoms with van der Waals surface area (Å²) in [6.07, 6.45) is 10.9. The lowest BCUT2D eigenvalue weighted by atomic mass is 9.70. The molecule has 1 saturated carbocycles. The van der Waals surface area contributed by atoms with Crippen molar-refractivity contribution in [1.29, 1.82) is 0 Å². The minimum Gasteiger partial charge on any atom is -0.421 e. The van der Waals surface area contributed by atoms with Crippen LogP contribution in [0.5, 0.6) is 0 Å². The van der Waals surface area contributed by atoms with E-state index in [0.29, 0.717) is 24.3 Å². The molecule has 1 aliphatic carbocycles. The monoisotopic (exact) mass is 458 g/mol. The van der Waals surface area contributed by atoms with Gasteiger partial charge in [0.2, 0.25) is 0 Å². The molecule has 1 N–H and O–H groups in total. The number of esters is 2. The lowest BCUT2D eigenvalue weighted by Crippen LogP contribution is -2.33. The van der Waals surface area contributed by atoms with E-state index in [4.69, 9.17) is 14.2 Å². The van der Waals surface area contributed by atoms with Crippen molar-refractivity contribution in [2.24, 2.45) is 11.3 Å². The molecule has 2 heterocycles. The third-order valence-corrected chi connectivity index (χ3v) is 7.57. The number of carbonyl (C=O) groups is 2. The van der Waals surface area contributed by atoms with Crippen LogP contribution in [0.1, 0.15) is 79.1 Å². The second-order valence-electron chi connectivity index (χ2n) is 9.83. The van der Waals surface area contributed by atoms with Crippen molar-refractivity contribution in [2.75, 3.05) is 0 Å². The van der Waals surface area contributed by atoms with Gasteiger partial charge < -0.3 is 19.3 Å². The molecule has 5 unspecified atom stereocenters. The normalized spacial score (nSPS) is 32.3. The smallest absolute Gasteiger partial charge is 0.334 e. The number of cyclic esters (lactones) is 1. The van der Waals surface area contributed by atoms with Gasteiger partial charge in [-0.25, -0.2) is 4.79 Å². The number of aliphatic hydroxyl groups excluding tert-OH is 1. The summed E-state index contributed by atoms with van der Waals surface area (Å²) in [5, 5.41) is 10.5. The van der Waals surface area contributed by atoms with Gasteiger partial charge in [0.25, 0.3) is 6.29 Å². The molecule has 3 aliphatic rings. The van der Waals surface area contributed by atoms with Crippen LogP contribution in [-0.2, 0) is 23.8 Å². The molecule has 0 radical (unpaired) electrons. The van der Waals surface area contributed by atoms with Crippen molar-refractivity contribution in [3.05, 3.63) is 47.1 Å². The van der Waals surface area contributed by atoms with Gasteiger partial charge in [0.05, 0.1) is 6.10 Å². The summed E-state index contributed by atoms with van der Waals surface area (Å²) >= 11 is 0. The molecule has 1 fully saturated rings. The van der Waals surface area contributed by atoms with E-state index < -0.39 is 30.6 Å². The lowest BCUT2D eigenvalue weighted by Gasteiger charge is -2.35. The van der Waals surface area contributed by atoms with E-state index in [1.807, 2.05) is 6.08 Å². The molecule has 0 aromatic heterocycles. The van der Waals surface area contributed by atoms with E-state index in [9.17, 15) is 14.7 Å². The molecule has 33 heavy (non-hydrogen) atoms. The van der Waals surface area contributed by atoms with Gasteiger partial charge >= 0.3 is 11.9 Å². The van der Waals surface area contributed by atoms with E-state index in [1.165, 1.54) is 43.4 Å². The Morgan fingerprint density at radius 2 is 2.12 bits per heavy atom. The average molecular weight is 459 g/mol. The number of hydrogen-bond donors (Lipinski definition) is 1. The predicted molar refractivity (Wildman–Crippen MR) is 126 cm³/mol. The Morgan fingerprint density at radius 1 is 1.36 bits per heavy atom. The molecule has 6 heteroatoms. The Balaban J connectivity index is 1.51. The fraction of sp³-hybridized carbons (Fsp3) is 0.630. The SMILES string of the molecule is C=C(C)C1(CCC(C)=CCCC2=CCC(C3=CC(=O)OC3OC(C)=O)OC2O)CCCC1C. The van der Waals surface area contributed by atoms with E-state index in [0.717, 1.165) is 24.8 Å². The largest absolute Gasteiger partial charge is 0.421 e. The molecule has 6 nitrogen and oxygen atoms in total. The topological polar surface area (TPSA) is 82.1 Å². The van der Waals surface area contributed by atoms with Gasteiger partial charge in [0.15, 0.2) is 6.29 Å². The average Bonchev–Trinajstić information content (AvgIpc) is 3.29. The van der Waals surface area contributed by atoms with Crippen LogP contribution in [0.3, 0.4) is 0 Å². The third kappa shape index (κ3) is 6.04. The van der Waals surface area contributed by atoms with Gasteiger partial charge in [-0.2, -0.15) is 0 Å². The fourth-order valence-electron chi connectivity index (χ4n) is 5.47. The van der Waals surface area contributed by atoms with E-state index in [-0.39, 0.29) is 5.41 Å². The van der Waals surface area contributed by atoms with Crippen molar-refractivity contribution in [2.45, 2.75) is 97.7 Å². The zero-order valence-corrected chi connectivity index (χ0v) is 20.4. The first-order valence-corrected chi connectivity index (χ1v) is 12.1. The van der Waals surface area contributed by atoms with Gasteiger partial charge in [-0.05, 0) is 75.7 Å². The molecular weight excluding hydrogens is 420 g/mol. The van der Waals surface area contributed by atoms with Gasteiger partial charge in [-0.15, -0.1) is 0 Å². The van der Waals surface area contributed by atoms with Crippen molar-refractivity contribution in [3.8, 4) is 0 Å². The standard InChI is InChI=1S/C27H38O6/c1-17(2)27(14-7-9-19(27)4)15-13-18(3)8-6-10-21-11-12-23(32-25(21)30)22-16-24(29)33-26(22)31-20(5)28/h8,11,16,19,23,25-26,30H,1,6-7,9-10,12-15H2,2-5H3. The summed E-state index contributed by atoms with van der Waals surface area (Å²) in [7, 11) is 0.